The van der Waals surface area contributed by atoms with Gasteiger partial charge in [-0.15, -0.1) is 0 Å². The van der Waals surface area contributed by atoms with Gasteiger partial charge in [-0.25, -0.2) is 0 Å². The maximum atomic E-state index is 12.3. The summed E-state index contributed by atoms with van der Waals surface area (Å²) >= 11 is 6.13. The topological polar surface area (TPSA) is 73.9 Å². The minimum atomic E-state index is -0.149. The lowest BCUT2D eigenvalue weighted by molar-refractivity contribution is -0.133. The number of nitrogens with zero attached hydrogens (tertiary/aromatic N) is 2. The van der Waals surface area contributed by atoms with Crippen molar-refractivity contribution in [3.63, 3.8) is 0 Å². The first-order valence-electron chi connectivity index (χ1n) is 8.92. The van der Waals surface area contributed by atoms with Gasteiger partial charge in [-0.3, -0.25) is 9.59 Å². The fraction of sp³-hybridized carbons (Fsp3) is 0.556. The third kappa shape index (κ3) is 5.25. The highest BCUT2D eigenvalue weighted by atomic mass is 35.5. The highest BCUT2D eigenvalue weighted by Crippen LogP contribution is 2.29. The molecule has 0 atom stereocenters. The van der Waals surface area contributed by atoms with E-state index in [9.17, 15) is 9.59 Å². The van der Waals surface area contributed by atoms with E-state index in [0.29, 0.717) is 24.3 Å². The van der Waals surface area contributed by atoms with Gasteiger partial charge in [0.15, 0.2) is 0 Å². The largest absolute Gasteiger partial charge is 0.378 e. The summed E-state index contributed by atoms with van der Waals surface area (Å²) in [7, 11) is 1.64. The van der Waals surface area contributed by atoms with Crippen LogP contribution in [0, 0.1) is 0 Å². The second-order valence-corrected chi connectivity index (χ2v) is 7.14. The molecular formula is C18H25ClN4O3. The SMILES string of the molecule is CN(CC(=O)NC1CC1)C(=O)CNc1cc(Cl)ccc1N1CCOCC1. The first kappa shape index (κ1) is 18.8. The number of ether oxygens (including phenoxy) is 1. The van der Waals surface area contributed by atoms with Crippen molar-refractivity contribution in [2.45, 2.75) is 18.9 Å². The molecule has 2 fully saturated rings. The summed E-state index contributed by atoms with van der Waals surface area (Å²) in [6.07, 6.45) is 2.06. The van der Waals surface area contributed by atoms with Crippen LogP contribution in [-0.2, 0) is 14.3 Å². The lowest BCUT2D eigenvalue weighted by atomic mass is 10.2. The normalized spacial score (nSPS) is 16.9. The average molecular weight is 381 g/mol. The summed E-state index contributed by atoms with van der Waals surface area (Å²) in [5, 5.41) is 6.66. The van der Waals surface area contributed by atoms with E-state index in [1.807, 2.05) is 18.2 Å². The zero-order valence-corrected chi connectivity index (χ0v) is 15.7. The fourth-order valence-corrected chi connectivity index (χ4v) is 3.01. The van der Waals surface area contributed by atoms with Gasteiger partial charge in [0.25, 0.3) is 0 Å². The van der Waals surface area contributed by atoms with E-state index < -0.39 is 0 Å². The Bertz CT molecular complexity index is 660. The lowest BCUT2D eigenvalue weighted by Gasteiger charge is -2.31. The van der Waals surface area contributed by atoms with Crippen molar-refractivity contribution in [3.8, 4) is 0 Å². The van der Waals surface area contributed by atoms with Crippen molar-refractivity contribution in [1.82, 2.24) is 10.2 Å². The van der Waals surface area contributed by atoms with Crippen LogP contribution in [-0.4, -0.2) is 69.2 Å². The molecule has 2 aliphatic rings. The Morgan fingerprint density at radius 2 is 2.04 bits per heavy atom. The molecule has 0 spiro atoms. The van der Waals surface area contributed by atoms with Crippen LogP contribution in [0.25, 0.3) is 0 Å². The molecule has 1 aromatic carbocycles. The van der Waals surface area contributed by atoms with Gasteiger partial charge in [0.05, 0.1) is 37.7 Å². The highest BCUT2D eigenvalue weighted by Gasteiger charge is 2.24. The number of hydrogen-bond donors (Lipinski definition) is 2. The Morgan fingerprint density at radius 1 is 1.31 bits per heavy atom. The number of halogens is 1. The number of hydrogen-bond acceptors (Lipinski definition) is 5. The fourth-order valence-electron chi connectivity index (χ4n) is 2.84. The molecule has 0 aromatic heterocycles. The molecule has 7 nitrogen and oxygen atoms in total. The van der Waals surface area contributed by atoms with Crippen LogP contribution in [0.5, 0.6) is 0 Å². The highest BCUT2D eigenvalue weighted by molar-refractivity contribution is 6.31. The van der Waals surface area contributed by atoms with Crippen LogP contribution < -0.4 is 15.5 Å². The molecule has 0 radical (unpaired) electrons. The van der Waals surface area contributed by atoms with E-state index in [1.54, 1.807) is 7.05 Å². The number of nitrogens with one attached hydrogen (secondary N) is 2. The summed E-state index contributed by atoms with van der Waals surface area (Å²) in [4.78, 5) is 27.8. The molecule has 2 N–H and O–H groups in total. The maximum Gasteiger partial charge on any atom is 0.242 e. The summed E-state index contributed by atoms with van der Waals surface area (Å²) in [6, 6.07) is 5.91. The molecule has 1 aromatic rings. The number of likely N-dealkylation sites (N-methyl/N-ethyl adjacent to an activating group) is 1. The van der Waals surface area contributed by atoms with Crippen molar-refractivity contribution in [2.24, 2.45) is 0 Å². The van der Waals surface area contributed by atoms with Gasteiger partial charge in [-0.2, -0.15) is 0 Å². The van der Waals surface area contributed by atoms with Crippen LogP contribution in [0.1, 0.15) is 12.8 Å². The van der Waals surface area contributed by atoms with E-state index in [1.165, 1.54) is 4.90 Å². The number of benzene rings is 1. The Morgan fingerprint density at radius 3 is 2.73 bits per heavy atom. The molecule has 1 aliphatic carbocycles. The number of rotatable bonds is 7. The van der Waals surface area contributed by atoms with E-state index in [4.69, 9.17) is 16.3 Å². The number of carbonyl (C=O) groups is 2. The van der Waals surface area contributed by atoms with Crippen molar-refractivity contribution < 1.29 is 14.3 Å². The lowest BCUT2D eigenvalue weighted by Crippen LogP contribution is -2.41. The quantitative estimate of drug-likeness (QED) is 0.746. The smallest absolute Gasteiger partial charge is 0.242 e. The van der Waals surface area contributed by atoms with Crippen molar-refractivity contribution >= 4 is 34.8 Å². The Hall–Kier alpha value is -1.99. The third-order valence-corrected chi connectivity index (χ3v) is 4.72. The number of carbonyl (C=O) groups excluding carboxylic acids is 2. The monoisotopic (exact) mass is 380 g/mol. The van der Waals surface area contributed by atoms with Crippen molar-refractivity contribution in [2.75, 3.05) is 56.7 Å². The average Bonchev–Trinajstić information content (AvgIpc) is 3.44. The molecule has 142 valence electrons. The van der Waals surface area contributed by atoms with Gasteiger partial charge in [-0.1, -0.05) is 11.6 Å². The third-order valence-electron chi connectivity index (χ3n) is 4.49. The van der Waals surface area contributed by atoms with E-state index >= 15 is 0 Å². The summed E-state index contributed by atoms with van der Waals surface area (Å²) in [5.41, 5.74) is 1.81. The van der Waals surface area contributed by atoms with Gasteiger partial charge < -0.3 is 25.2 Å². The molecule has 1 heterocycles. The predicted octanol–water partition coefficient (Wildman–Crippen LogP) is 1.33. The molecular weight excluding hydrogens is 356 g/mol. The molecule has 0 unspecified atom stereocenters. The molecule has 26 heavy (non-hydrogen) atoms. The standard InChI is InChI=1S/C18H25ClN4O3/c1-22(12-17(24)21-14-3-4-14)18(25)11-20-15-10-13(19)2-5-16(15)23-6-8-26-9-7-23/h2,5,10,14,20H,3-4,6-9,11-12H2,1H3,(H,21,24). The van der Waals surface area contributed by atoms with Crippen molar-refractivity contribution in [1.29, 1.82) is 0 Å². The number of amides is 2. The summed E-state index contributed by atoms with van der Waals surface area (Å²) < 4.78 is 5.40. The molecule has 0 bridgehead atoms. The van der Waals surface area contributed by atoms with Crippen molar-refractivity contribution in [3.05, 3.63) is 23.2 Å². The number of morpholine rings is 1. The van der Waals surface area contributed by atoms with Crippen LogP contribution in [0.3, 0.4) is 0 Å². The molecule has 1 saturated heterocycles. The van der Waals surface area contributed by atoms with E-state index in [0.717, 1.165) is 37.3 Å². The Kier molecular flexibility index (Phi) is 6.21. The van der Waals surface area contributed by atoms with Crippen LogP contribution in [0.2, 0.25) is 5.02 Å². The van der Waals surface area contributed by atoms with E-state index in [2.05, 4.69) is 15.5 Å². The maximum absolute atomic E-state index is 12.3. The van der Waals surface area contributed by atoms with Gasteiger partial charge in [0.2, 0.25) is 11.8 Å². The Labute approximate surface area is 158 Å². The van der Waals surface area contributed by atoms with Gasteiger partial charge in [0.1, 0.15) is 0 Å². The second-order valence-electron chi connectivity index (χ2n) is 6.71. The molecule has 1 aliphatic heterocycles. The second kappa shape index (κ2) is 8.60. The molecule has 8 heteroatoms. The summed E-state index contributed by atoms with van der Waals surface area (Å²) in [6.45, 7) is 3.13. The van der Waals surface area contributed by atoms with Crippen LogP contribution in [0.15, 0.2) is 18.2 Å². The molecule has 3 rings (SSSR count). The van der Waals surface area contributed by atoms with E-state index in [-0.39, 0.29) is 24.9 Å². The number of anilines is 2. The first-order valence-corrected chi connectivity index (χ1v) is 9.30. The van der Waals surface area contributed by atoms with Gasteiger partial charge in [0, 0.05) is 31.2 Å². The van der Waals surface area contributed by atoms with Gasteiger partial charge >= 0.3 is 0 Å². The minimum absolute atomic E-state index is 0.0723. The first-order chi connectivity index (χ1) is 12.5. The Balaban J connectivity index is 1.56. The zero-order chi connectivity index (χ0) is 18.5. The summed E-state index contributed by atoms with van der Waals surface area (Å²) in [5.74, 6) is -0.260. The van der Waals surface area contributed by atoms with Crippen LogP contribution in [0.4, 0.5) is 11.4 Å². The zero-order valence-electron chi connectivity index (χ0n) is 15.0. The molecule has 2 amide bonds. The van der Waals surface area contributed by atoms with Crippen LogP contribution >= 0.6 is 11.6 Å². The molecule has 1 saturated carbocycles. The predicted molar refractivity (Wildman–Crippen MR) is 102 cm³/mol. The minimum Gasteiger partial charge on any atom is -0.378 e. The van der Waals surface area contributed by atoms with Gasteiger partial charge in [-0.05, 0) is 31.0 Å².